The Morgan fingerprint density at radius 2 is 1.50 bits per heavy atom. The van der Waals surface area contributed by atoms with Gasteiger partial charge in [0.25, 0.3) is 5.95 Å². The van der Waals surface area contributed by atoms with Crippen molar-refractivity contribution >= 4 is 0 Å². The SMILES string of the molecule is OC(O)=C1C=CC=C1.[Fe].c1cc[cH-]c1. The Hall–Kier alpha value is -1.31. The number of aliphatic hydroxyl groups excluding tert-OH is 1. The van der Waals surface area contributed by atoms with Crippen LogP contribution in [0.15, 0.2) is 66.2 Å². The summed E-state index contributed by atoms with van der Waals surface area (Å²) in [7, 11) is 0. The Morgan fingerprint density at radius 1 is 1.00 bits per heavy atom. The van der Waals surface area contributed by atoms with E-state index in [9.17, 15) is 0 Å². The summed E-state index contributed by atoms with van der Waals surface area (Å²) >= 11 is 0. The van der Waals surface area contributed by atoms with Crippen LogP contribution in [0.1, 0.15) is 0 Å². The molecule has 14 heavy (non-hydrogen) atoms. The van der Waals surface area contributed by atoms with E-state index in [0.717, 1.165) is 0 Å². The van der Waals surface area contributed by atoms with Gasteiger partial charge in [-0.3, -0.25) is 0 Å². The quantitative estimate of drug-likeness (QED) is 0.409. The van der Waals surface area contributed by atoms with Gasteiger partial charge in [0.1, 0.15) is 0 Å². The van der Waals surface area contributed by atoms with Gasteiger partial charge in [0.05, 0.1) is 5.57 Å². The van der Waals surface area contributed by atoms with Crippen molar-refractivity contribution < 1.29 is 27.3 Å². The number of rotatable bonds is 0. The van der Waals surface area contributed by atoms with E-state index >= 15 is 0 Å². The largest absolute Gasteiger partial charge is 0.481 e. The minimum Gasteiger partial charge on any atom is -0.481 e. The van der Waals surface area contributed by atoms with Crippen LogP contribution in [0.25, 0.3) is 0 Å². The van der Waals surface area contributed by atoms with Crippen LogP contribution >= 0.6 is 0 Å². The predicted octanol–water partition coefficient (Wildman–Crippen LogP) is 2.84. The van der Waals surface area contributed by atoms with Crippen LogP contribution in [0.4, 0.5) is 0 Å². The summed E-state index contributed by atoms with van der Waals surface area (Å²) in [5, 5.41) is 16.8. The molecule has 0 spiro atoms. The van der Waals surface area contributed by atoms with E-state index in [4.69, 9.17) is 10.2 Å². The van der Waals surface area contributed by atoms with Gasteiger partial charge in [-0.15, -0.1) is 0 Å². The van der Waals surface area contributed by atoms with Crippen molar-refractivity contribution in [2.24, 2.45) is 0 Å². The Balaban J connectivity index is 0.000000246. The summed E-state index contributed by atoms with van der Waals surface area (Å²) < 4.78 is 0. The first-order chi connectivity index (χ1) is 6.30. The van der Waals surface area contributed by atoms with E-state index in [1.165, 1.54) is 0 Å². The van der Waals surface area contributed by atoms with Gasteiger partial charge >= 0.3 is 0 Å². The first-order valence-electron chi connectivity index (χ1n) is 3.94. The smallest absolute Gasteiger partial charge is 0.281 e. The fraction of sp³-hybridized carbons (Fsp3) is 0. The average Bonchev–Trinajstić information content (AvgIpc) is 2.82. The summed E-state index contributed by atoms with van der Waals surface area (Å²) in [6.45, 7) is 0. The molecule has 1 aliphatic carbocycles. The molecular formula is C11H11FeO2-. The van der Waals surface area contributed by atoms with Crippen molar-refractivity contribution in [3.05, 3.63) is 66.2 Å². The van der Waals surface area contributed by atoms with Gasteiger partial charge in [-0.25, -0.2) is 12.1 Å². The molecule has 1 aromatic rings. The maximum atomic E-state index is 8.38. The molecule has 0 aliphatic heterocycles. The molecule has 0 fully saturated rings. The van der Waals surface area contributed by atoms with E-state index in [0.29, 0.717) is 5.57 Å². The third-order valence-corrected chi connectivity index (χ3v) is 1.48. The van der Waals surface area contributed by atoms with E-state index in [1.54, 1.807) is 24.3 Å². The van der Waals surface area contributed by atoms with E-state index in [-0.39, 0.29) is 17.1 Å². The molecule has 1 aromatic carbocycles. The van der Waals surface area contributed by atoms with Crippen molar-refractivity contribution in [2.45, 2.75) is 0 Å². The van der Waals surface area contributed by atoms with Crippen molar-refractivity contribution in [1.29, 1.82) is 0 Å². The molecule has 2 rings (SSSR count). The van der Waals surface area contributed by atoms with Crippen LogP contribution in [-0.2, 0) is 17.1 Å². The Morgan fingerprint density at radius 3 is 1.71 bits per heavy atom. The third-order valence-electron chi connectivity index (χ3n) is 1.48. The molecule has 0 heterocycles. The van der Waals surface area contributed by atoms with Crippen molar-refractivity contribution in [3.8, 4) is 0 Å². The normalized spacial score (nSPS) is 11.6. The molecular weight excluding hydrogens is 220 g/mol. The number of aliphatic hydroxyl groups is 2. The monoisotopic (exact) mass is 231 g/mol. The van der Waals surface area contributed by atoms with E-state index in [1.807, 2.05) is 30.3 Å². The summed E-state index contributed by atoms with van der Waals surface area (Å²) in [6, 6.07) is 10.0. The molecule has 76 valence electrons. The molecule has 1 aliphatic rings. The first-order valence-corrected chi connectivity index (χ1v) is 3.94. The molecule has 0 aromatic heterocycles. The molecule has 0 saturated heterocycles. The average molecular weight is 231 g/mol. The van der Waals surface area contributed by atoms with Gasteiger partial charge in [0.2, 0.25) is 0 Å². The first kappa shape index (κ1) is 12.7. The molecule has 0 atom stereocenters. The van der Waals surface area contributed by atoms with Crippen LogP contribution < -0.4 is 0 Å². The summed E-state index contributed by atoms with van der Waals surface area (Å²) in [5.74, 6) is -0.616. The fourth-order valence-corrected chi connectivity index (χ4v) is 0.844. The number of hydrogen-bond acceptors (Lipinski definition) is 2. The van der Waals surface area contributed by atoms with Crippen LogP contribution in [0.3, 0.4) is 0 Å². The third kappa shape index (κ3) is 4.65. The minimum atomic E-state index is -0.616. The maximum absolute atomic E-state index is 8.38. The number of allylic oxidation sites excluding steroid dienone is 5. The molecule has 0 radical (unpaired) electrons. The second-order valence-corrected chi connectivity index (χ2v) is 2.46. The summed E-state index contributed by atoms with van der Waals surface area (Å²) in [6.07, 6.45) is 6.72. The van der Waals surface area contributed by atoms with Crippen LogP contribution in [0.2, 0.25) is 0 Å². The van der Waals surface area contributed by atoms with Crippen LogP contribution in [0.5, 0.6) is 0 Å². The second kappa shape index (κ2) is 7.13. The van der Waals surface area contributed by atoms with E-state index in [2.05, 4.69) is 0 Å². The Labute approximate surface area is 93.7 Å². The zero-order valence-electron chi connectivity index (χ0n) is 7.44. The van der Waals surface area contributed by atoms with Gasteiger partial charge < -0.3 is 10.2 Å². The van der Waals surface area contributed by atoms with Crippen LogP contribution in [0, 0.1) is 0 Å². The topological polar surface area (TPSA) is 40.5 Å². The molecule has 0 amide bonds. The van der Waals surface area contributed by atoms with E-state index < -0.39 is 5.95 Å². The van der Waals surface area contributed by atoms with Crippen molar-refractivity contribution in [2.75, 3.05) is 0 Å². The molecule has 2 nitrogen and oxygen atoms in total. The molecule has 0 unspecified atom stereocenters. The molecule has 2 N–H and O–H groups in total. The van der Waals surface area contributed by atoms with Gasteiger partial charge in [-0.2, -0.15) is 18.2 Å². The van der Waals surface area contributed by atoms with Gasteiger partial charge in [-0.1, -0.05) is 12.2 Å². The molecule has 0 saturated carbocycles. The summed E-state index contributed by atoms with van der Waals surface area (Å²) in [4.78, 5) is 0. The Bertz CT molecular complexity index is 286. The summed E-state index contributed by atoms with van der Waals surface area (Å²) in [5.41, 5.74) is 0.463. The minimum absolute atomic E-state index is 0. The van der Waals surface area contributed by atoms with Crippen molar-refractivity contribution in [1.82, 2.24) is 0 Å². The molecule has 0 bridgehead atoms. The molecule has 3 heteroatoms. The maximum Gasteiger partial charge on any atom is 0.281 e. The Kier molecular flexibility index (Phi) is 6.46. The van der Waals surface area contributed by atoms with Gasteiger partial charge in [-0.05, 0) is 12.2 Å². The standard InChI is InChI=1S/C6H6O2.C5H5.Fe/c7-6(8)5-3-1-2-4-5;1-2-4-5-3-1;/h1-4,7-8H;1-5H;/q;-1;. The fourth-order valence-electron chi connectivity index (χ4n) is 0.844. The van der Waals surface area contributed by atoms with Crippen molar-refractivity contribution in [3.63, 3.8) is 0 Å². The van der Waals surface area contributed by atoms with Gasteiger partial charge in [0.15, 0.2) is 0 Å². The predicted molar refractivity (Wildman–Crippen MR) is 52.6 cm³/mol. The number of hydrogen-bond donors (Lipinski definition) is 2. The van der Waals surface area contributed by atoms with Gasteiger partial charge in [0, 0.05) is 17.1 Å². The second-order valence-electron chi connectivity index (χ2n) is 2.46. The zero-order valence-corrected chi connectivity index (χ0v) is 8.55. The van der Waals surface area contributed by atoms with Crippen LogP contribution in [-0.4, -0.2) is 10.2 Å². The zero-order chi connectivity index (χ0) is 9.52.